The van der Waals surface area contributed by atoms with Crippen LogP contribution >= 0.6 is 11.8 Å². The molecule has 6 heteroatoms. The minimum atomic E-state index is 0.587. The Hall–Kier alpha value is -1.79. The summed E-state index contributed by atoms with van der Waals surface area (Å²) in [6.07, 6.45) is 1.92. The van der Waals surface area contributed by atoms with Crippen molar-refractivity contribution >= 4 is 29.1 Å². The number of thioether (sulfide) groups is 1. The van der Waals surface area contributed by atoms with Crippen LogP contribution in [0, 0.1) is 6.92 Å². The Morgan fingerprint density at radius 1 is 1.11 bits per heavy atom. The predicted octanol–water partition coefficient (Wildman–Crippen LogP) is 2.54. The monoisotopic (exact) mass is 261 g/mol. The Bertz CT molecular complexity index is 504. The third-order valence-corrected chi connectivity index (χ3v) is 2.91. The summed E-state index contributed by atoms with van der Waals surface area (Å²) in [5.41, 5.74) is 4.73. The number of aryl methyl sites for hydroxylation is 1. The summed E-state index contributed by atoms with van der Waals surface area (Å²) < 4.78 is 0. The number of hydrogen-bond donors (Lipinski definition) is 3. The molecule has 18 heavy (non-hydrogen) atoms. The zero-order valence-electron chi connectivity index (χ0n) is 10.3. The molecule has 0 atom stereocenters. The highest BCUT2D eigenvalue weighted by Crippen LogP contribution is 2.20. The smallest absolute Gasteiger partial charge is 0.191 e. The molecular weight excluding hydrogens is 246 g/mol. The van der Waals surface area contributed by atoms with Crippen LogP contribution in [-0.2, 0) is 0 Å². The van der Waals surface area contributed by atoms with E-state index in [1.54, 1.807) is 6.07 Å². The first-order chi connectivity index (χ1) is 8.71. The molecule has 0 aliphatic rings. The maximum Gasteiger partial charge on any atom is 0.191 e. The SMILES string of the molecule is CSc1nc(NN)cc(Nc2ccc(C)cc2)n1. The molecule has 0 bridgehead atoms. The first-order valence-corrected chi connectivity index (χ1v) is 6.67. The fourth-order valence-corrected chi connectivity index (χ4v) is 1.82. The number of hydrogen-bond acceptors (Lipinski definition) is 6. The van der Waals surface area contributed by atoms with E-state index in [0.717, 1.165) is 5.69 Å². The highest BCUT2D eigenvalue weighted by atomic mass is 32.2. The van der Waals surface area contributed by atoms with Crippen molar-refractivity contribution in [3.63, 3.8) is 0 Å². The molecule has 0 aliphatic carbocycles. The Labute approximate surface area is 110 Å². The van der Waals surface area contributed by atoms with Crippen molar-refractivity contribution in [2.24, 2.45) is 5.84 Å². The van der Waals surface area contributed by atoms with Crippen LogP contribution in [0.5, 0.6) is 0 Å². The molecule has 0 unspecified atom stereocenters. The van der Waals surface area contributed by atoms with Gasteiger partial charge in [-0.15, -0.1) is 0 Å². The number of nitrogen functional groups attached to an aromatic ring is 1. The predicted molar refractivity (Wildman–Crippen MR) is 76.1 cm³/mol. The molecule has 2 aromatic rings. The van der Waals surface area contributed by atoms with Crippen LogP contribution in [0.4, 0.5) is 17.3 Å². The Kier molecular flexibility index (Phi) is 4.01. The molecule has 0 aliphatic heterocycles. The van der Waals surface area contributed by atoms with E-state index >= 15 is 0 Å². The first kappa shape index (κ1) is 12.7. The summed E-state index contributed by atoms with van der Waals surface area (Å²) in [6.45, 7) is 2.05. The highest BCUT2D eigenvalue weighted by molar-refractivity contribution is 7.98. The number of rotatable bonds is 4. The maximum absolute atomic E-state index is 5.38. The van der Waals surface area contributed by atoms with Gasteiger partial charge in [0, 0.05) is 11.8 Å². The lowest BCUT2D eigenvalue weighted by Gasteiger charge is -2.08. The number of aromatic nitrogens is 2. The summed E-state index contributed by atoms with van der Waals surface area (Å²) in [7, 11) is 0. The lowest BCUT2D eigenvalue weighted by molar-refractivity contribution is 0.971. The van der Waals surface area contributed by atoms with E-state index in [2.05, 4.69) is 27.6 Å². The largest absolute Gasteiger partial charge is 0.340 e. The van der Waals surface area contributed by atoms with Gasteiger partial charge in [0.1, 0.15) is 11.6 Å². The fraction of sp³-hybridized carbons (Fsp3) is 0.167. The van der Waals surface area contributed by atoms with Gasteiger partial charge < -0.3 is 10.7 Å². The average molecular weight is 261 g/mol. The Morgan fingerprint density at radius 2 is 1.78 bits per heavy atom. The summed E-state index contributed by atoms with van der Waals surface area (Å²) in [6, 6.07) is 9.86. The number of nitrogens with zero attached hydrogens (tertiary/aromatic N) is 2. The van der Waals surface area contributed by atoms with Crippen molar-refractivity contribution in [3.05, 3.63) is 35.9 Å². The Morgan fingerprint density at radius 3 is 2.39 bits per heavy atom. The van der Waals surface area contributed by atoms with Gasteiger partial charge in [-0.25, -0.2) is 15.8 Å². The second kappa shape index (κ2) is 5.70. The van der Waals surface area contributed by atoms with Crippen molar-refractivity contribution < 1.29 is 0 Å². The zero-order chi connectivity index (χ0) is 13.0. The number of anilines is 3. The molecule has 0 amide bonds. The van der Waals surface area contributed by atoms with E-state index < -0.39 is 0 Å². The summed E-state index contributed by atoms with van der Waals surface area (Å²) in [5.74, 6) is 6.68. The minimum Gasteiger partial charge on any atom is -0.340 e. The Balaban J connectivity index is 2.25. The van der Waals surface area contributed by atoms with Gasteiger partial charge in [-0.3, -0.25) is 0 Å². The van der Waals surface area contributed by atoms with E-state index in [-0.39, 0.29) is 0 Å². The van der Waals surface area contributed by atoms with Crippen molar-refractivity contribution in [3.8, 4) is 0 Å². The van der Waals surface area contributed by atoms with Gasteiger partial charge in [0.2, 0.25) is 0 Å². The molecule has 1 aromatic heterocycles. The summed E-state index contributed by atoms with van der Waals surface area (Å²) >= 11 is 1.47. The van der Waals surface area contributed by atoms with Crippen molar-refractivity contribution in [1.29, 1.82) is 0 Å². The van der Waals surface area contributed by atoms with E-state index in [1.807, 2.05) is 30.5 Å². The number of nitrogens with two attached hydrogens (primary N) is 1. The minimum absolute atomic E-state index is 0.587. The van der Waals surface area contributed by atoms with Crippen LogP contribution in [0.25, 0.3) is 0 Å². The number of benzene rings is 1. The van der Waals surface area contributed by atoms with Crippen LogP contribution in [-0.4, -0.2) is 16.2 Å². The van der Waals surface area contributed by atoms with Gasteiger partial charge in [0.25, 0.3) is 0 Å². The van der Waals surface area contributed by atoms with Gasteiger partial charge in [0.15, 0.2) is 5.16 Å². The van der Waals surface area contributed by atoms with Gasteiger partial charge >= 0.3 is 0 Å². The van der Waals surface area contributed by atoms with Crippen molar-refractivity contribution in [2.45, 2.75) is 12.1 Å². The second-order valence-corrected chi connectivity index (χ2v) is 4.53. The topological polar surface area (TPSA) is 75.9 Å². The van der Waals surface area contributed by atoms with Gasteiger partial charge in [0.05, 0.1) is 0 Å². The molecule has 1 heterocycles. The fourth-order valence-electron chi connectivity index (χ4n) is 1.44. The van der Waals surface area contributed by atoms with Crippen molar-refractivity contribution in [1.82, 2.24) is 9.97 Å². The van der Waals surface area contributed by atoms with E-state index in [0.29, 0.717) is 16.8 Å². The summed E-state index contributed by atoms with van der Waals surface area (Å²) in [5, 5.41) is 3.89. The van der Waals surface area contributed by atoms with Crippen LogP contribution in [0.1, 0.15) is 5.56 Å². The van der Waals surface area contributed by atoms with Gasteiger partial charge in [-0.2, -0.15) is 0 Å². The molecular formula is C12H15N5S. The molecule has 0 radical (unpaired) electrons. The average Bonchev–Trinajstić information content (AvgIpc) is 2.41. The molecule has 0 fully saturated rings. The van der Waals surface area contributed by atoms with E-state index in [9.17, 15) is 0 Å². The molecule has 5 nitrogen and oxygen atoms in total. The third kappa shape index (κ3) is 3.12. The molecule has 1 aromatic carbocycles. The molecule has 0 saturated carbocycles. The van der Waals surface area contributed by atoms with E-state index in [1.165, 1.54) is 17.3 Å². The quantitative estimate of drug-likeness (QED) is 0.340. The highest BCUT2D eigenvalue weighted by Gasteiger charge is 2.03. The number of hydrazine groups is 1. The van der Waals surface area contributed by atoms with Crippen LogP contribution < -0.4 is 16.6 Å². The van der Waals surface area contributed by atoms with Crippen LogP contribution in [0.2, 0.25) is 0 Å². The normalized spacial score (nSPS) is 10.2. The standard InChI is InChI=1S/C12H15N5S/c1-8-3-5-9(6-4-8)14-10-7-11(17-13)16-12(15-10)18-2/h3-7H,13H2,1-2H3,(H2,14,15,16,17). The summed E-state index contributed by atoms with van der Waals surface area (Å²) in [4.78, 5) is 8.56. The molecule has 0 spiro atoms. The molecule has 0 saturated heterocycles. The molecule has 2 rings (SSSR count). The van der Waals surface area contributed by atoms with Gasteiger partial charge in [-0.1, -0.05) is 29.5 Å². The molecule has 4 N–H and O–H groups in total. The zero-order valence-corrected chi connectivity index (χ0v) is 11.1. The number of nitrogens with one attached hydrogen (secondary N) is 2. The lowest BCUT2D eigenvalue weighted by Crippen LogP contribution is -2.10. The lowest BCUT2D eigenvalue weighted by atomic mass is 10.2. The van der Waals surface area contributed by atoms with Crippen LogP contribution in [0.15, 0.2) is 35.5 Å². The molecule has 94 valence electrons. The van der Waals surface area contributed by atoms with E-state index in [4.69, 9.17) is 5.84 Å². The third-order valence-electron chi connectivity index (χ3n) is 2.36. The van der Waals surface area contributed by atoms with Gasteiger partial charge in [-0.05, 0) is 25.3 Å². The maximum atomic E-state index is 5.38. The second-order valence-electron chi connectivity index (χ2n) is 3.76. The first-order valence-electron chi connectivity index (χ1n) is 5.44. The van der Waals surface area contributed by atoms with Crippen molar-refractivity contribution in [2.75, 3.05) is 17.0 Å². The van der Waals surface area contributed by atoms with Crippen LogP contribution in [0.3, 0.4) is 0 Å².